The van der Waals surface area contributed by atoms with E-state index in [1.807, 2.05) is 0 Å². The zero-order valence-corrected chi connectivity index (χ0v) is 9.99. The van der Waals surface area contributed by atoms with Crippen LogP contribution in [0.25, 0.3) is 6.08 Å². The lowest BCUT2D eigenvalue weighted by Crippen LogP contribution is -2.08. The Labute approximate surface area is 97.1 Å². The van der Waals surface area contributed by atoms with Crippen LogP contribution in [0.4, 0.5) is 0 Å². The van der Waals surface area contributed by atoms with E-state index in [1.165, 1.54) is 16.7 Å². The van der Waals surface area contributed by atoms with Crippen LogP contribution in [0.2, 0.25) is 0 Å². The van der Waals surface area contributed by atoms with Crippen LogP contribution < -0.4 is 10.5 Å². The van der Waals surface area contributed by atoms with Gasteiger partial charge in [-0.2, -0.15) is 0 Å². The van der Waals surface area contributed by atoms with Crippen molar-refractivity contribution >= 4 is 6.08 Å². The van der Waals surface area contributed by atoms with Crippen molar-refractivity contribution < 1.29 is 4.74 Å². The Hall–Kier alpha value is -1.28. The topological polar surface area (TPSA) is 35.2 Å². The first-order valence-corrected chi connectivity index (χ1v) is 5.87. The summed E-state index contributed by atoms with van der Waals surface area (Å²) in [6, 6.07) is 6.37. The lowest BCUT2D eigenvalue weighted by molar-refractivity contribution is 0.357. The highest BCUT2D eigenvalue weighted by molar-refractivity contribution is 5.57. The van der Waals surface area contributed by atoms with Crippen molar-refractivity contribution in [1.82, 2.24) is 0 Å². The van der Waals surface area contributed by atoms with Gasteiger partial charge in [-0.1, -0.05) is 31.6 Å². The van der Waals surface area contributed by atoms with Crippen LogP contribution in [0.3, 0.4) is 0 Å². The first kappa shape index (κ1) is 11.2. The molecule has 0 saturated heterocycles. The highest BCUT2D eigenvalue weighted by Crippen LogP contribution is 2.27. The normalized spacial score (nSPS) is 15.1. The minimum Gasteiger partial charge on any atom is -0.493 e. The number of benzene rings is 1. The van der Waals surface area contributed by atoms with E-state index in [0.29, 0.717) is 12.5 Å². The van der Waals surface area contributed by atoms with Crippen LogP contribution >= 0.6 is 0 Å². The second-order valence-corrected chi connectivity index (χ2v) is 4.54. The van der Waals surface area contributed by atoms with Gasteiger partial charge in [0.15, 0.2) is 0 Å². The lowest BCUT2D eigenvalue weighted by Gasteiger charge is -2.09. The van der Waals surface area contributed by atoms with Gasteiger partial charge in [0.1, 0.15) is 5.75 Å². The summed E-state index contributed by atoms with van der Waals surface area (Å²) in [7, 11) is 0. The second kappa shape index (κ2) is 4.71. The van der Waals surface area contributed by atoms with Gasteiger partial charge in [-0.05, 0) is 29.2 Å². The molecule has 1 aromatic carbocycles. The van der Waals surface area contributed by atoms with E-state index in [4.69, 9.17) is 10.5 Å². The van der Waals surface area contributed by atoms with E-state index in [2.05, 4.69) is 38.1 Å². The Morgan fingerprint density at radius 3 is 3.00 bits per heavy atom. The van der Waals surface area contributed by atoms with E-state index in [9.17, 15) is 0 Å². The molecule has 2 rings (SSSR count). The minimum absolute atomic E-state index is 0.509. The van der Waals surface area contributed by atoms with Gasteiger partial charge in [0, 0.05) is 13.0 Å². The third-order valence-corrected chi connectivity index (χ3v) is 3.04. The summed E-state index contributed by atoms with van der Waals surface area (Å²) < 4.78 is 5.49. The van der Waals surface area contributed by atoms with Gasteiger partial charge in [-0.3, -0.25) is 0 Å². The molecule has 86 valence electrons. The molecule has 0 atom stereocenters. The second-order valence-electron chi connectivity index (χ2n) is 4.54. The van der Waals surface area contributed by atoms with Crippen LogP contribution in [-0.2, 0) is 6.42 Å². The monoisotopic (exact) mass is 217 g/mol. The van der Waals surface area contributed by atoms with Crippen molar-refractivity contribution in [1.29, 1.82) is 0 Å². The van der Waals surface area contributed by atoms with Crippen molar-refractivity contribution in [2.75, 3.05) is 13.2 Å². The molecule has 0 saturated carbocycles. The van der Waals surface area contributed by atoms with Gasteiger partial charge < -0.3 is 10.5 Å². The van der Waals surface area contributed by atoms with E-state index in [0.717, 1.165) is 18.8 Å². The van der Waals surface area contributed by atoms with Gasteiger partial charge >= 0.3 is 0 Å². The fourth-order valence-corrected chi connectivity index (χ4v) is 1.97. The Bertz CT molecular complexity index is 407. The average Bonchev–Trinajstić information content (AvgIpc) is 2.72. The van der Waals surface area contributed by atoms with E-state index in [1.54, 1.807) is 0 Å². The van der Waals surface area contributed by atoms with E-state index < -0.39 is 0 Å². The molecule has 0 aliphatic carbocycles. The molecule has 2 N–H and O–H groups in total. The predicted molar refractivity (Wildman–Crippen MR) is 67.5 cm³/mol. The molecule has 0 radical (unpaired) electrons. The Kier molecular flexibility index (Phi) is 3.30. The van der Waals surface area contributed by atoms with Gasteiger partial charge in [0.05, 0.1) is 6.61 Å². The fourth-order valence-electron chi connectivity index (χ4n) is 1.97. The molecule has 0 spiro atoms. The van der Waals surface area contributed by atoms with E-state index in [-0.39, 0.29) is 0 Å². The molecule has 0 amide bonds. The Morgan fingerprint density at radius 2 is 2.31 bits per heavy atom. The quantitative estimate of drug-likeness (QED) is 0.844. The number of hydrogen-bond donors (Lipinski definition) is 1. The molecule has 0 aromatic heterocycles. The Balaban J connectivity index is 2.28. The van der Waals surface area contributed by atoms with Gasteiger partial charge in [0.2, 0.25) is 0 Å². The van der Waals surface area contributed by atoms with Crippen LogP contribution in [-0.4, -0.2) is 13.2 Å². The molecule has 1 aliphatic rings. The van der Waals surface area contributed by atoms with Gasteiger partial charge in [-0.25, -0.2) is 0 Å². The maximum Gasteiger partial charge on any atom is 0.122 e. The first-order valence-electron chi connectivity index (χ1n) is 5.87. The first-order chi connectivity index (χ1) is 7.70. The molecule has 0 unspecified atom stereocenters. The molecule has 1 heterocycles. The summed E-state index contributed by atoms with van der Waals surface area (Å²) in [5.41, 5.74) is 9.58. The molecule has 2 heteroatoms. The molecule has 0 bridgehead atoms. The summed E-state index contributed by atoms with van der Waals surface area (Å²) in [5, 5.41) is 0. The third kappa shape index (κ3) is 2.27. The van der Waals surface area contributed by atoms with Crippen molar-refractivity contribution in [3.63, 3.8) is 0 Å². The number of fused-ring (bicyclic) bond motifs is 1. The molecule has 2 nitrogen and oxygen atoms in total. The summed E-state index contributed by atoms with van der Waals surface area (Å²) in [4.78, 5) is 0. The molecule has 1 aliphatic heterocycles. The van der Waals surface area contributed by atoms with E-state index >= 15 is 0 Å². The zero-order valence-electron chi connectivity index (χ0n) is 9.99. The minimum atomic E-state index is 0.509. The van der Waals surface area contributed by atoms with Crippen LogP contribution in [0.15, 0.2) is 23.8 Å². The van der Waals surface area contributed by atoms with Crippen molar-refractivity contribution in [2.24, 2.45) is 11.7 Å². The largest absolute Gasteiger partial charge is 0.493 e. The maximum atomic E-state index is 5.74. The third-order valence-electron chi connectivity index (χ3n) is 3.04. The summed E-state index contributed by atoms with van der Waals surface area (Å²) in [6.45, 7) is 5.80. The molecular formula is C14H19NO. The molecular weight excluding hydrogens is 198 g/mol. The average molecular weight is 217 g/mol. The zero-order chi connectivity index (χ0) is 11.5. The van der Waals surface area contributed by atoms with Crippen molar-refractivity contribution in [3.8, 4) is 5.75 Å². The number of hydrogen-bond acceptors (Lipinski definition) is 2. The summed E-state index contributed by atoms with van der Waals surface area (Å²) in [5.74, 6) is 1.55. The van der Waals surface area contributed by atoms with Gasteiger partial charge in [0.25, 0.3) is 0 Å². The molecule has 16 heavy (non-hydrogen) atoms. The van der Waals surface area contributed by atoms with Crippen LogP contribution in [0.1, 0.15) is 25.0 Å². The van der Waals surface area contributed by atoms with Crippen molar-refractivity contribution in [2.45, 2.75) is 20.3 Å². The highest BCUT2D eigenvalue weighted by atomic mass is 16.5. The summed E-state index contributed by atoms with van der Waals surface area (Å²) in [6.07, 6.45) is 3.22. The van der Waals surface area contributed by atoms with Crippen molar-refractivity contribution in [3.05, 3.63) is 34.9 Å². The fraction of sp³-hybridized carbons (Fsp3) is 0.429. The Morgan fingerprint density at radius 1 is 1.50 bits per heavy atom. The number of ether oxygens (including phenoxy) is 1. The molecule has 1 aromatic rings. The summed E-state index contributed by atoms with van der Waals surface area (Å²) >= 11 is 0. The number of rotatable bonds is 3. The standard InChI is InChI=1S/C14H19NO/c1-10(2)13(9-15)8-11-3-4-14-12(7-11)5-6-16-14/h3-4,7-8,10H,5-6,9,15H2,1-2H3. The number of nitrogens with two attached hydrogens (primary N) is 1. The SMILES string of the molecule is CC(C)C(=Cc1ccc2c(c1)CCO2)CN. The smallest absolute Gasteiger partial charge is 0.122 e. The predicted octanol–water partition coefficient (Wildman–Crippen LogP) is 2.62. The lowest BCUT2D eigenvalue weighted by atomic mass is 9.99. The van der Waals surface area contributed by atoms with Crippen LogP contribution in [0, 0.1) is 5.92 Å². The van der Waals surface area contributed by atoms with Crippen LogP contribution in [0.5, 0.6) is 5.75 Å². The van der Waals surface area contributed by atoms with Gasteiger partial charge in [-0.15, -0.1) is 0 Å². The maximum absolute atomic E-state index is 5.74. The highest BCUT2D eigenvalue weighted by Gasteiger charge is 2.11. The molecule has 0 fully saturated rings.